The molecule has 0 fully saturated rings. The van der Waals surface area contributed by atoms with Crippen LogP contribution in [-0.4, -0.2) is 22.3 Å². The maximum absolute atomic E-state index is 12.7. The average molecular weight is 361 g/mol. The predicted octanol–water partition coefficient (Wildman–Crippen LogP) is 4.79. The first kappa shape index (κ1) is 17.8. The highest BCUT2D eigenvalue weighted by Crippen LogP contribution is 2.24. The molecule has 1 unspecified atom stereocenters. The Kier molecular flexibility index (Phi) is 5.45. The van der Waals surface area contributed by atoms with Crippen molar-refractivity contribution in [1.29, 1.82) is 5.26 Å². The van der Waals surface area contributed by atoms with E-state index in [2.05, 4.69) is 11.1 Å². The summed E-state index contributed by atoms with van der Waals surface area (Å²) in [4.78, 5) is 19.0. The molecule has 0 saturated carbocycles. The lowest BCUT2D eigenvalue weighted by Crippen LogP contribution is -2.32. The Labute approximate surface area is 157 Å². The van der Waals surface area contributed by atoms with Gasteiger partial charge in [0.05, 0.1) is 27.9 Å². The van der Waals surface area contributed by atoms with E-state index in [0.717, 1.165) is 20.8 Å². The van der Waals surface area contributed by atoms with E-state index < -0.39 is 0 Å². The number of benzene rings is 2. The number of hydrogen-bond donors (Lipinski definition) is 0. The van der Waals surface area contributed by atoms with Crippen molar-refractivity contribution in [3.8, 4) is 6.07 Å². The quantitative estimate of drug-likeness (QED) is 0.614. The molecule has 1 amide bonds. The van der Waals surface area contributed by atoms with Crippen molar-refractivity contribution in [3.05, 3.63) is 70.7 Å². The fourth-order valence-corrected chi connectivity index (χ4v) is 3.71. The molecule has 0 N–H and O–H groups in total. The van der Waals surface area contributed by atoms with Crippen molar-refractivity contribution in [3.63, 3.8) is 0 Å². The molecule has 0 saturated heterocycles. The lowest BCUT2D eigenvalue weighted by atomic mass is 10.0. The molecular weight excluding hydrogens is 342 g/mol. The van der Waals surface area contributed by atoms with Crippen molar-refractivity contribution in [2.24, 2.45) is 0 Å². The summed E-state index contributed by atoms with van der Waals surface area (Å²) in [6.07, 6.45) is 3.36. The monoisotopic (exact) mass is 361 g/mol. The number of hydrogen-bond acceptors (Lipinski definition) is 4. The third-order valence-corrected chi connectivity index (χ3v) is 5.29. The Balaban J connectivity index is 1.76. The highest BCUT2D eigenvalue weighted by atomic mass is 32.1. The molecule has 2 aromatic carbocycles. The van der Waals surface area contributed by atoms with Crippen molar-refractivity contribution in [2.45, 2.75) is 19.9 Å². The molecule has 0 spiro atoms. The van der Waals surface area contributed by atoms with Crippen molar-refractivity contribution >= 4 is 33.5 Å². The van der Waals surface area contributed by atoms with Crippen LogP contribution in [0, 0.1) is 11.3 Å². The Bertz CT molecular complexity index is 949. The second-order valence-electron chi connectivity index (χ2n) is 5.89. The van der Waals surface area contributed by atoms with Gasteiger partial charge < -0.3 is 4.90 Å². The van der Waals surface area contributed by atoms with Gasteiger partial charge in [0.25, 0.3) is 0 Å². The summed E-state index contributed by atoms with van der Waals surface area (Å²) < 4.78 is 1.11. The van der Waals surface area contributed by atoms with Crippen molar-refractivity contribution < 1.29 is 4.79 Å². The van der Waals surface area contributed by atoms with Crippen molar-refractivity contribution in [2.75, 3.05) is 6.54 Å². The first-order valence-corrected chi connectivity index (χ1v) is 9.28. The largest absolute Gasteiger partial charge is 0.333 e. The third-order valence-electron chi connectivity index (χ3n) is 4.29. The van der Waals surface area contributed by atoms with E-state index >= 15 is 0 Å². The topological polar surface area (TPSA) is 57.0 Å². The molecule has 0 aliphatic rings. The zero-order valence-electron chi connectivity index (χ0n) is 14.7. The first-order chi connectivity index (χ1) is 12.6. The molecule has 1 aromatic heterocycles. The van der Waals surface area contributed by atoms with Gasteiger partial charge in [0.1, 0.15) is 5.01 Å². The zero-order valence-corrected chi connectivity index (χ0v) is 15.5. The molecule has 5 heteroatoms. The number of carbonyl (C=O) groups excluding carboxylic acids is 1. The number of para-hydroxylation sites is 1. The van der Waals surface area contributed by atoms with Crippen LogP contribution in [0.1, 0.15) is 36.0 Å². The number of likely N-dealkylation sites (N-methyl/N-ethyl adjacent to an activating group) is 1. The van der Waals surface area contributed by atoms with Crippen LogP contribution in [0.2, 0.25) is 0 Å². The minimum atomic E-state index is -0.0692. The van der Waals surface area contributed by atoms with Gasteiger partial charge >= 0.3 is 0 Å². The van der Waals surface area contributed by atoms with Crippen LogP contribution in [0.5, 0.6) is 0 Å². The maximum atomic E-state index is 12.7. The Morgan fingerprint density at radius 3 is 2.65 bits per heavy atom. The fraction of sp³-hybridized carbons (Fsp3) is 0.190. The van der Waals surface area contributed by atoms with E-state index in [1.165, 1.54) is 0 Å². The third kappa shape index (κ3) is 3.81. The van der Waals surface area contributed by atoms with Gasteiger partial charge in [0, 0.05) is 12.6 Å². The van der Waals surface area contributed by atoms with E-state index in [0.29, 0.717) is 12.1 Å². The fourth-order valence-electron chi connectivity index (χ4n) is 2.84. The van der Waals surface area contributed by atoms with Gasteiger partial charge in [0.15, 0.2) is 0 Å². The Morgan fingerprint density at radius 2 is 2.00 bits per heavy atom. The number of carbonyl (C=O) groups is 1. The predicted molar refractivity (Wildman–Crippen MR) is 106 cm³/mol. The molecule has 26 heavy (non-hydrogen) atoms. The molecule has 130 valence electrons. The van der Waals surface area contributed by atoms with Gasteiger partial charge in [-0.05, 0) is 49.8 Å². The molecule has 4 nitrogen and oxygen atoms in total. The van der Waals surface area contributed by atoms with Crippen molar-refractivity contribution in [1.82, 2.24) is 9.88 Å². The minimum absolute atomic E-state index is 0.0522. The van der Waals surface area contributed by atoms with Crippen LogP contribution in [0.15, 0.2) is 54.6 Å². The number of nitrogens with zero attached hydrogens (tertiary/aromatic N) is 3. The Morgan fingerprint density at radius 1 is 1.27 bits per heavy atom. The average Bonchev–Trinajstić information content (AvgIpc) is 3.10. The molecule has 1 heterocycles. The summed E-state index contributed by atoms with van der Waals surface area (Å²) >= 11 is 1.57. The highest BCUT2D eigenvalue weighted by Gasteiger charge is 2.18. The summed E-state index contributed by atoms with van der Waals surface area (Å²) in [5.74, 6) is -0.0522. The second-order valence-corrected chi connectivity index (χ2v) is 6.95. The van der Waals surface area contributed by atoms with Gasteiger partial charge in [-0.15, -0.1) is 11.3 Å². The SMILES string of the molecule is CCN(C(=O)/C=C/c1nc2ccccc2s1)C(C)c1ccc(C#N)cc1. The number of fused-ring (bicyclic) bond motifs is 1. The van der Waals surface area contributed by atoms with Crippen LogP contribution in [0.3, 0.4) is 0 Å². The normalized spacial score (nSPS) is 12.2. The molecule has 3 rings (SSSR count). The van der Waals surface area contributed by atoms with E-state index in [4.69, 9.17) is 5.26 Å². The molecule has 0 bridgehead atoms. The highest BCUT2D eigenvalue weighted by molar-refractivity contribution is 7.19. The lowest BCUT2D eigenvalue weighted by molar-refractivity contribution is -0.127. The van der Waals surface area contributed by atoms with Crippen LogP contribution < -0.4 is 0 Å². The second kappa shape index (κ2) is 7.94. The van der Waals surface area contributed by atoms with Crippen LogP contribution in [-0.2, 0) is 4.79 Å². The zero-order chi connectivity index (χ0) is 18.5. The lowest BCUT2D eigenvalue weighted by Gasteiger charge is -2.27. The van der Waals surface area contributed by atoms with E-state index in [1.54, 1.807) is 40.5 Å². The molecule has 0 aliphatic carbocycles. The molecule has 0 radical (unpaired) electrons. The van der Waals surface area contributed by atoms with Gasteiger partial charge in [0.2, 0.25) is 5.91 Å². The van der Waals surface area contributed by atoms with E-state index in [-0.39, 0.29) is 11.9 Å². The standard InChI is InChI=1S/C21H19N3OS/c1-3-24(15(2)17-10-8-16(14-22)9-11-17)21(25)13-12-20-23-18-6-4-5-7-19(18)26-20/h4-13,15H,3H2,1-2H3/b13-12+. The molecular formula is C21H19N3OS. The summed E-state index contributed by atoms with van der Waals surface area (Å²) in [6, 6.07) is 17.3. The minimum Gasteiger partial charge on any atom is -0.333 e. The summed E-state index contributed by atoms with van der Waals surface area (Å²) in [6.45, 7) is 4.56. The molecule has 0 aliphatic heterocycles. The number of thiazole rings is 1. The number of amides is 1. The molecule has 1 atom stereocenters. The van der Waals surface area contributed by atoms with Crippen LogP contribution in [0.4, 0.5) is 0 Å². The van der Waals surface area contributed by atoms with E-state index in [1.807, 2.05) is 50.2 Å². The molecule has 3 aromatic rings. The number of aromatic nitrogens is 1. The number of rotatable bonds is 5. The number of nitriles is 1. The smallest absolute Gasteiger partial charge is 0.247 e. The van der Waals surface area contributed by atoms with Crippen LogP contribution >= 0.6 is 11.3 Å². The summed E-state index contributed by atoms with van der Waals surface area (Å²) in [5.41, 5.74) is 2.57. The maximum Gasteiger partial charge on any atom is 0.247 e. The van der Waals surface area contributed by atoms with E-state index in [9.17, 15) is 4.79 Å². The summed E-state index contributed by atoms with van der Waals surface area (Å²) in [7, 11) is 0. The Hall–Kier alpha value is -2.97. The van der Waals surface area contributed by atoms with Crippen LogP contribution in [0.25, 0.3) is 16.3 Å². The van der Waals surface area contributed by atoms with Gasteiger partial charge in [-0.3, -0.25) is 4.79 Å². The van der Waals surface area contributed by atoms with Gasteiger partial charge in [-0.1, -0.05) is 24.3 Å². The van der Waals surface area contributed by atoms with Gasteiger partial charge in [-0.2, -0.15) is 5.26 Å². The van der Waals surface area contributed by atoms with Gasteiger partial charge in [-0.25, -0.2) is 4.98 Å². The summed E-state index contributed by atoms with van der Waals surface area (Å²) in [5, 5.41) is 9.73. The first-order valence-electron chi connectivity index (χ1n) is 8.46.